The van der Waals surface area contributed by atoms with E-state index in [0.29, 0.717) is 15.7 Å². The highest BCUT2D eigenvalue weighted by atomic mass is 35.5. The van der Waals surface area contributed by atoms with Gasteiger partial charge in [-0.05, 0) is 50.6 Å². The lowest BCUT2D eigenvalue weighted by molar-refractivity contribution is -0.136. The number of aromatic nitrogens is 1. The maximum atomic E-state index is 12.1. The maximum Gasteiger partial charge on any atom is 0.329 e. The quantitative estimate of drug-likeness (QED) is 0.345. The molecule has 3 rings (SSSR count). The summed E-state index contributed by atoms with van der Waals surface area (Å²) in [6.07, 6.45) is 1.48. The number of nitrogens with one attached hydrogen (secondary N) is 2. The molecule has 6 nitrogen and oxygen atoms in total. The second kappa shape index (κ2) is 9.15. The Labute approximate surface area is 184 Å². The molecule has 3 aromatic rings. The minimum Gasteiger partial charge on any atom is -0.317 e. The van der Waals surface area contributed by atoms with Crippen molar-refractivity contribution in [1.82, 2.24) is 9.99 Å². The highest BCUT2D eigenvalue weighted by molar-refractivity contribution is 6.43. The molecule has 2 aromatic carbocycles. The summed E-state index contributed by atoms with van der Waals surface area (Å²) in [5.41, 5.74) is 6.97. The minimum absolute atomic E-state index is 0.450. The van der Waals surface area contributed by atoms with Crippen LogP contribution in [0, 0.1) is 20.8 Å². The van der Waals surface area contributed by atoms with Crippen molar-refractivity contribution in [2.45, 2.75) is 20.8 Å². The number of hydrazone groups is 1. The van der Waals surface area contributed by atoms with Gasteiger partial charge in [0.05, 0.1) is 21.9 Å². The van der Waals surface area contributed by atoms with Crippen molar-refractivity contribution in [3.8, 4) is 5.69 Å². The average molecular weight is 443 g/mol. The number of carbonyl (C=O) groups excluding carboxylic acids is 2. The van der Waals surface area contributed by atoms with Crippen molar-refractivity contribution in [2.75, 3.05) is 5.32 Å². The summed E-state index contributed by atoms with van der Waals surface area (Å²) >= 11 is 12.5. The first-order chi connectivity index (χ1) is 14.3. The van der Waals surface area contributed by atoms with E-state index in [1.807, 2.05) is 55.7 Å². The van der Waals surface area contributed by atoms with E-state index in [4.69, 9.17) is 23.2 Å². The van der Waals surface area contributed by atoms with Crippen LogP contribution in [0.2, 0.25) is 10.0 Å². The first-order valence-electron chi connectivity index (χ1n) is 9.13. The SMILES string of the molecule is Cc1ccccc1NC(=O)C(=O)N/N=C\c1cc(C)n(-c2cccc(Cl)c2Cl)c1C. The van der Waals surface area contributed by atoms with Crippen molar-refractivity contribution < 1.29 is 9.59 Å². The van der Waals surface area contributed by atoms with E-state index in [1.54, 1.807) is 18.2 Å². The number of carbonyl (C=O) groups is 2. The molecule has 0 unspecified atom stereocenters. The fraction of sp³-hybridized carbons (Fsp3) is 0.136. The van der Waals surface area contributed by atoms with Gasteiger partial charge in [0.2, 0.25) is 0 Å². The Morgan fingerprint density at radius 2 is 1.73 bits per heavy atom. The van der Waals surface area contributed by atoms with Gasteiger partial charge >= 0.3 is 11.8 Å². The zero-order valence-electron chi connectivity index (χ0n) is 16.7. The molecule has 0 aliphatic heterocycles. The molecule has 0 spiro atoms. The van der Waals surface area contributed by atoms with Gasteiger partial charge in [-0.25, -0.2) is 5.43 Å². The molecule has 154 valence electrons. The van der Waals surface area contributed by atoms with E-state index in [2.05, 4.69) is 15.8 Å². The minimum atomic E-state index is -0.860. The average Bonchev–Trinajstić information content (AvgIpc) is 2.99. The van der Waals surface area contributed by atoms with Crippen LogP contribution < -0.4 is 10.7 Å². The Morgan fingerprint density at radius 1 is 1.00 bits per heavy atom. The third-order valence-corrected chi connectivity index (χ3v) is 5.42. The van der Waals surface area contributed by atoms with Crippen LogP contribution in [-0.4, -0.2) is 22.6 Å². The number of nitrogens with zero attached hydrogens (tertiary/aromatic N) is 2. The van der Waals surface area contributed by atoms with Crippen LogP contribution in [0.5, 0.6) is 0 Å². The fourth-order valence-electron chi connectivity index (χ4n) is 3.06. The predicted octanol–water partition coefficient (Wildman–Crippen LogP) is 4.80. The number of halogens is 2. The van der Waals surface area contributed by atoms with Crippen LogP contribution in [0.3, 0.4) is 0 Å². The van der Waals surface area contributed by atoms with Crippen molar-refractivity contribution >= 4 is 46.9 Å². The summed E-state index contributed by atoms with van der Waals surface area (Å²) in [6.45, 7) is 5.67. The number of hydrogen-bond donors (Lipinski definition) is 2. The molecule has 0 saturated carbocycles. The molecule has 0 aliphatic carbocycles. The molecule has 1 heterocycles. The summed E-state index contributed by atoms with van der Waals surface area (Å²) in [4.78, 5) is 24.1. The van der Waals surface area contributed by atoms with Crippen LogP contribution >= 0.6 is 23.2 Å². The fourth-order valence-corrected chi connectivity index (χ4v) is 3.44. The summed E-state index contributed by atoms with van der Waals surface area (Å²) < 4.78 is 1.95. The number of benzene rings is 2. The van der Waals surface area contributed by atoms with Gasteiger partial charge in [-0.15, -0.1) is 0 Å². The molecular weight excluding hydrogens is 423 g/mol. The Balaban J connectivity index is 1.72. The van der Waals surface area contributed by atoms with Gasteiger partial charge in [0.25, 0.3) is 0 Å². The normalized spacial score (nSPS) is 11.0. The third-order valence-electron chi connectivity index (χ3n) is 4.61. The predicted molar refractivity (Wildman–Crippen MR) is 121 cm³/mol. The third kappa shape index (κ3) is 4.56. The molecule has 1 aromatic heterocycles. The topological polar surface area (TPSA) is 75.5 Å². The number of para-hydroxylation sites is 1. The molecule has 0 saturated heterocycles. The molecule has 2 amide bonds. The van der Waals surface area contributed by atoms with Crippen LogP contribution in [0.15, 0.2) is 53.6 Å². The lowest BCUT2D eigenvalue weighted by Gasteiger charge is -2.12. The summed E-state index contributed by atoms with van der Waals surface area (Å²) in [5, 5.41) is 7.39. The zero-order chi connectivity index (χ0) is 21.8. The molecule has 0 bridgehead atoms. The first kappa shape index (κ1) is 21.6. The van der Waals surface area contributed by atoms with E-state index in [9.17, 15) is 9.59 Å². The second-order valence-corrected chi connectivity index (χ2v) is 7.49. The molecule has 0 atom stereocenters. The lowest BCUT2D eigenvalue weighted by atomic mass is 10.2. The van der Waals surface area contributed by atoms with Gasteiger partial charge in [0, 0.05) is 22.6 Å². The van der Waals surface area contributed by atoms with E-state index < -0.39 is 11.8 Å². The molecule has 8 heteroatoms. The van der Waals surface area contributed by atoms with Crippen molar-refractivity contribution in [3.05, 3.63) is 81.1 Å². The van der Waals surface area contributed by atoms with Crippen LogP contribution in [0.1, 0.15) is 22.5 Å². The van der Waals surface area contributed by atoms with E-state index in [-0.39, 0.29) is 0 Å². The van der Waals surface area contributed by atoms with Crippen LogP contribution in [0.4, 0.5) is 5.69 Å². The van der Waals surface area contributed by atoms with Crippen LogP contribution in [0.25, 0.3) is 5.69 Å². The van der Waals surface area contributed by atoms with Gasteiger partial charge in [0.15, 0.2) is 0 Å². The molecule has 0 aliphatic rings. The molecule has 2 N–H and O–H groups in total. The highest BCUT2D eigenvalue weighted by Gasteiger charge is 2.15. The zero-order valence-corrected chi connectivity index (χ0v) is 18.2. The number of rotatable bonds is 4. The van der Waals surface area contributed by atoms with Gasteiger partial charge in [0.1, 0.15) is 0 Å². The molecule has 30 heavy (non-hydrogen) atoms. The van der Waals surface area contributed by atoms with Crippen LogP contribution in [-0.2, 0) is 9.59 Å². The number of anilines is 1. The Hall–Kier alpha value is -3.09. The summed E-state index contributed by atoms with van der Waals surface area (Å²) in [7, 11) is 0. The van der Waals surface area contributed by atoms with Gasteiger partial charge in [-0.2, -0.15) is 5.10 Å². The lowest BCUT2D eigenvalue weighted by Crippen LogP contribution is -2.32. The van der Waals surface area contributed by atoms with E-state index >= 15 is 0 Å². The summed E-state index contributed by atoms with van der Waals surface area (Å²) in [5.74, 6) is -1.65. The highest BCUT2D eigenvalue weighted by Crippen LogP contribution is 2.31. The second-order valence-electron chi connectivity index (χ2n) is 6.70. The van der Waals surface area contributed by atoms with Gasteiger partial charge in [-0.1, -0.05) is 47.5 Å². The number of aryl methyl sites for hydroxylation is 2. The first-order valence-corrected chi connectivity index (χ1v) is 9.88. The van der Waals surface area contributed by atoms with Gasteiger partial charge < -0.3 is 9.88 Å². The maximum absolute atomic E-state index is 12.1. The van der Waals surface area contributed by atoms with Gasteiger partial charge in [-0.3, -0.25) is 9.59 Å². The van der Waals surface area contributed by atoms with E-state index in [0.717, 1.165) is 28.2 Å². The van der Waals surface area contributed by atoms with E-state index in [1.165, 1.54) is 6.21 Å². The Morgan fingerprint density at radius 3 is 2.47 bits per heavy atom. The van der Waals surface area contributed by atoms with Crippen molar-refractivity contribution in [1.29, 1.82) is 0 Å². The Bertz CT molecular complexity index is 1150. The van der Waals surface area contributed by atoms with Crippen molar-refractivity contribution in [3.63, 3.8) is 0 Å². The Kier molecular flexibility index (Phi) is 6.59. The largest absolute Gasteiger partial charge is 0.329 e. The van der Waals surface area contributed by atoms with Crippen molar-refractivity contribution in [2.24, 2.45) is 5.10 Å². The number of amides is 2. The molecule has 0 radical (unpaired) electrons. The molecule has 0 fully saturated rings. The standard InChI is InChI=1S/C22H20Cl2N4O2/c1-13-7-4-5-9-18(13)26-21(29)22(30)27-25-12-16-11-14(2)28(15(16)3)19-10-6-8-17(23)20(19)24/h4-12H,1-3H3,(H,26,29)(H,27,30)/b25-12-. The smallest absolute Gasteiger partial charge is 0.317 e. The summed E-state index contributed by atoms with van der Waals surface area (Å²) in [6, 6.07) is 14.5. The monoisotopic (exact) mass is 442 g/mol. The number of hydrogen-bond acceptors (Lipinski definition) is 3. The molecular formula is C22H20Cl2N4O2.